The summed E-state index contributed by atoms with van der Waals surface area (Å²) in [6.45, 7) is 1.93. The summed E-state index contributed by atoms with van der Waals surface area (Å²) in [5, 5.41) is 3.10. The molecule has 6 rings (SSSR count). The fourth-order valence-electron chi connectivity index (χ4n) is 5.80. The first-order valence-electron chi connectivity index (χ1n) is 9.25. The van der Waals surface area contributed by atoms with Crippen LogP contribution < -0.4 is 5.32 Å². The van der Waals surface area contributed by atoms with E-state index in [9.17, 15) is 4.79 Å². The highest BCUT2D eigenvalue weighted by atomic mass is 16.2. The number of anilines is 1. The van der Waals surface area contributed by atoms with E-state index in [0.29, 0.717) is 5.82 Å². The van der Waals surface area contributed by atoms with Crippen LogP contribution in [0, 0.1) is 30.1 Å². The number of aromatic nitrogens is 4. The van der Waals surface area contributed by atoms with E-state index in [-0.39, 0.29) is 11.3 Å². The minimum atomic E-state index is -0.162. The molecule has 2 heterocycles. The van der Waals surface area contributed by atoms with Crippen LogP contribution in [-0.4, -0.2) is 25.4 Å². The number of carbonyl (C=O) groups excluding carboxylic acids is 1. The summed E-state index contributed by atoms with van der Waals surface area (Å²) < 4.78 is 1.89. The van der Waals surface area contributed by atoms with Gasteiger partial charge in [0, 0.05) is 18.5 Å². The Morgan fingerprint density at radius 3 is 2.40 bits per heavy atom. The Labute approximate surface area is 147 Å². The van der Waals surface area contributed by atoms with Crippen molar-refractivity contribution in [1.29, 1.82) is 0 Å². The van der Waals surface area contributed by atoms with E-state index in [1.165, 1.54) is 25.6 Å². The summed E-state index contributed by atoms with van der Waals surface area (Å²) in [6.07, 6.45) is 12.3. The summed E-state index contributed by atoms with van der Waals surface area (Å²) in [4.78, 5) is 25.9. The Morgan fingerprint density at radius 2 is 1.80 bits per heavy atom. The Kier molecular flexibility index (Phi) is 3.24. The zero-order chi connectivity index (χ0) is 17.0. The maximum atomic E-state index is 13.1. The summed E-state index contributed by atoms with van der Waals surface area (Å²) in [6, 6.07) is 1.83. The third kappa shape index (κ3) is 2.46. The fourth-order valence-corrected chi connectivity index (χ4v) is 5.80. The van der Waals surface area contributed by atoms with E-state index < -0.39 is 0 Å². The van der Waals surface area contributed by atoms with Crippen LogP contribution in [0.4, 0.5) is 5.82 Å². The molecule has 0 saturated heterocycles. The molecule has 130 valence electrons. The second kappa shape index (κ2) is 5.38. The van der Waals surface area contributed by atoms with Gasteiger partial charge in [-0.3, -0.25) is 9.36 Å². The van der Waals surface area contributed by atoms with Gasteiger partial charge in [0.2, 0.25) is 5.91 Å². The monoisotopic (exact) mass is 337 g/mol. The molecule has 4 saturated carbocycles. The van der Waals surface area contributed by atoms with E-state index in [2.05, 4.69) is 20.3 Å². The largest absolute Gasteiger partial charge is 0.310 e. The lowest BCUT2D eigenvalue weighted by molar-refractivity contribution is -0.140. The van der Waals surface area contributed by atoms with Crippen molar-refractivity contribution in [3.8, 4) is 5.82 Å². The van der Waals surface area contributed by atoms with Gasteiger partial charge in [0.05, 0.1) is 5.41 Å². The first kappa shape index (κ1) is 15.0. The molecule has 2 aromatic rings. The summed E-state index contributed by atoms with van der Waals surface area (Å²) in [7, 11) is 0. The molecule has 4 fully saturated rings. The molecule has 0 spiro atoms. The molecule has 4 aliphatic rings. The predicted molar refractivity (Wildman–Crippen MR) is 93.1 cm³/mol. The first-order chi connectivity index (χ1) is 12.1. The van der Waals surface area contributed by atoms with Crippen molar-refractivity contribution >= 4 is 11.7 Å². The number of nitrogens with one attached hydrogen (secondary N) is 1. The minimum absolute atomic E-state index is 0.162. The van der Waals surface area contributed by atoms with E-state index in [4.69, 9.17) is 0 Å². The van der Waals surface area contributed by atoms with Gasteiger partial charge in [0.25, 0.3) is 0 Å². The molecule has 2 aromatic heterocycles. The summed E-state index contributed by atoms with van der Waals surface area (Å²) in [5.41, 5.74) is -0.162. The number of aryl methyl sites for hydroxylation is 1. The van der Waals surface area contributed by atoms with Gasteiger partial charge in [-0.2, -0.15) is 0 Å². The van der Waals surface area contributed by atoms with Crippen molar-refractivity contribution < 1.29 is 4.79 Å². The van der Waals surface area contributed by atoms with Crippen LogP contribution in [0.15, 0.2) is 24.8 Å². The van der Waals surface area contributed by atoms with Gasteiger partial charge in [-0.1, -0.05) is 0 Å². The molecule has 6 heteroatoms. The molecule has 0 radical (unpaired) electrons. The number of hydrogen-bond acceptors (Lipinski definition) is 4. The maximum Gasteiger partial charge on any atom is 0.231 e. The SMILES string of the molecule is Cc1nccn1-c1cc(NC(=O)C23CC4CC(CC(C4)C2)C3)ncn1. The van der Waals surface area contributed by atoms with Gasteiger partial charge in [0.15, 0.2) is 0 Å². The van der Waals surface area contributed by atoms with E-state index in [1.54, 1.807) is 6.20 Å². The molecule has 0 atom stereocenters. The molecule has 1 N–H and O–H groups in total. The lowest BCUT2D eigenvalue weighted by atomic mass is 9.49. The Balaban J connectivity index is 1.39. The van der Waals surface area contributed by atoms with Crippen LogP contribution in [0.1, 0.15) is 44.3 Å². The molecule has 1 amide bonds. The second-order valence-corrected chi connectivity index (χ2v) is 8.26. The summed E-state index contributed by atoms with van der Waals surface area (Å²) >= 11 is 0. The highest BCUT2D eigenvalue weighted by Gasteiger charge is 2.54. The van der Waals surface area contributed by atoms with Gasteiger partial charge >= 0.3 is 0 Å². The van der Waals surface area contributed by atoms with Crippen LogP contribution in [0.3, 0.4) is 0 Å². The first-order valence-corrected chi connectivity index (χ1v) is 9.25. The van der Waals surface area contributed by atoms with Crippen LogP contribution >= 0.6 is 0 Å². The number of nitrogens with zero attached hydrogens (tertiary/aromatic N) is 4. The Bertz CT molecular complexity index is 791. The van der Waals surface area contributed by atoms with Crippen molar-refractivity contribution in [1.82, 2.24) is 19.5 Å². The number of amides is 1. The van der Waals surface area contributed by atoms with Crippen molar-refractivity contribution in [2.75, 3.05) is 5.32 Å². The van der Waals surface area contributed by atoms with Gasteiger partial charge in [-0.25, -0.2) is 15.0 Å². The minimum Gasteiger partial charge on any atom is -0.310 e. The fraction of sp³-hybridized carbons (Fsp3) is 0.579. The molecule has 0 unspecified atom stereocenters. The van der Waals surface area contributed by atoms with E-state index in [1.807, 2.05) is 23.8 Å². The molecule has 4 bridgehead atoms. The number of carbonyl (C=O) groups is 1. The standard InChI is InChI=1S/C19H23N5O/c1-12-20-2-3-24(12)17-7-16(21-11-22-17)23-18(25)19-8-13-4-14(9-19)6-15(5-13)10-19/h2-3,7,11,13-15H,4-6,8-10H2,1H3,(H,21,22,23,25). The Hall–Kier alpha value is -2.24. The molecule has 6 nitrogen and oxygen atoms in total. The third-order valence-corrected chi connectivity index (χ3v) is 6.49. The highest BCUT2D eigenvalue weighted by molar-refractivity contribution is 5.95. The van der Waals surface area contributed by atoms with Crippen LogP contribution in [0.5, 0.6) is 0 Å². The van der Waals surface area contributed by atoms with Crippen LogP contribution in [0.25, 0.3) is 5.82 Å². The normalized spacial score (nSPS) is 32.8. The van der Waals surface area contributed by atoms with E-state index in [0.717, 1.165) is 48.7 Å². The summed E-state index contributed by atoms with van der Waals surface area (Å²) in [5.74, 6) is 4.60. The lowest BCUT2D eigenvalue weighted by Gasteiger charge is -2.55. The average molecular weight is 337 g/mol. The molecule has 0 aliphatic heterocycles. The molecule has 25 heavy (non-hydrogen) atoms. The smallest absolute Gasteiger partial charge is 0.231 e. The second-order valence-electron chi connectivity index (χ2n) is 8.26. The van der Waals surface area contributed by atoms with Gasteiger partial charge in [-0.05, 0) is 63.2 Å². The van der Waals surface area contributed by atoms with Gasteiger partial charge in [-0.15, -0.1) is 0 Å². The van der Waals surface area contributed by atoms with Crippen molar-refractivity contribution in [2.24, 2.45) is 23.2 Å². The van der Waals surface area contributed by atoms with Crippen molar-refractivity contribution in [2.45, 2.75) is 45.4 Å². The van der Waals surface area contributed by atoms with Crippen molar-refractivity contribution in [3.05, 3.63) is 30.6 Å². The molecular formula is C19H23N5O. The number of hydrogen-bond donors (Lipinski definition) is 1. The predicted octanol–water partition coefficient (Wildman–Crippen LogP) is 3.13. The zero-order valence-electron chi connectivity index (χ0n) is 14.5. The highest BCUT2D eigenvalue weighted by Crippen LogP contribution is 2.60. The van der Waals surface area contributed by atoms with Crippen LogP contribution in [-0.2, 0) is 4.79 Å². The van der Waals surface area contributed by atoms with E-state index >= 15 is 0 Å². The molecular weight excluding hydrogens is 314 g/mol. The zero-order valence-corrected chi connectivity index (χ0v) is 14.5. The average Bonchev–Trinajstić information content (AvgIpc) is 3.00. The lowest BCUT2D eigenvalue weighted by Crippen LogP contribution is -2.51. The van der Waals surface area contributed by atoms with Crippen molar-refractivity contribution in [3.63, 3.8) is 0 Å². The maximum absolute atomic E-state index is 13.1. The Morgan fingerprint density at radius 1 is 1.12 bits per heavy atom. The molecule has 0 aromatic carbocycles. The van der Waals surface area contributed by atoms with Gasteiger partial charge in [0.1, 0.15) is 23.8 Å². The number of rotatable bonds is 3. The third-order valence-electron chi connectivity index (χ3n) is 6.49. The quantitative estimate of drug-likeness (QED) is 0.934. The molecule has 4 aliphatic carbocycles. The number of imidazole rings is 1. The van der Waals surface area contributed by atoms with Gasteiger partial charge < -0.3 is 5.32 Å². The topological polar surface area (TPSA) is 72.7 Å². The van der Waals surface area contributed by atoms with Crippen LogP contribution in [0.2, 0.25) is 0 Å².